The summed E-state index contributed by atoms with van der Waals surface area (Å²) in [5, 5.41) is 5.01. The fraction of sp³-hybridized carbons (Fsp3) is 0.611. The molecule has 142 valence electrons. The molecule has 1 N–H and O–H groups in total. The van der Waals surface area contributed by atoms with E-state index in [0.29, 0.717) is 13.1 Å². The zero-order valence-electron chi connectivity index (χ0n) is 14.7. The van der Waals surface area contributed by atoms with Crippen LogP contribution in [0.3, 0.4) is 0 Å². The Bertz CT molecular complexity index is 743. The van der Waals surface area contributed by atoms with E-state index < -0.39 is 29.5 Å². The summed E-state index contributed by atoms with van der Waals surface area (Å²) < 4.78 is 45.3. The number of rotatable bonds is 2. The number of methoxy groups -OCH3 is 1. The van der Waals surface area contributed by atoms with Crippen molar-refractivity contribution in [1.29, 1.82) is 0 Å². The number of alkyl halides is 3. The van der Waals surface area contributed by atoms with Gasteiger partial charge in [0.05, 0.1) is 23.3 Å². The fourth-order valence-corrected chi connectivity index (χ4v) is 5.65. The molecule has 3 heterocycles. The SMILES string of the molecule is COC1(C)CCC2=C3CNCC(C(=O)C(F)(F)F)C3N3CC=CSC1=C23. The number of nitrogens with one attached hydrogen (secondary N) is 1. The smallest absolute Gasteiger partial charge is 0.373 e. The largest absolute Gasteiger partial charge is 0.450 e. The van der Waals surface area contributed by atoms with Crippen LogP contribution in [0.25, 0.3) is 0 Å². The Kier molecular flexibility index (Phi) is 4.28. The summed E-state index contributed by atoms with van der Waals surface area (Å²) in [6.45, 7) is 3.12. The Morgan fingerprint density at radius 1 is 1.46 bits per heavy atom. The van der Waals surface area contributed by atoms with Crippen LogP contribution in [-0.4, -0.2) is 55.2 Å². The van der Waals surface area contributed by atoms with Crippen LogP contribution in [0.1, 0.15) is 19.8 Å². The molecule has 0 saturated carbocycles. The van der Waals surface area contributed by atoms with Crippen LogP contribution in [0.15, 0.2) is 33.2 Å². The predicted molar refractivity (Wildman–Crippen MR) is 93.3 cm³/mol. The fourth-order valence-electron chi connectivity index (χ4n) is 4.55. The Morgan fingerprint density at radius 3 is 2.92 bits per heavy atom. The van der Waals surface area contributed by atoms with Crippen molar-refractivity contribution < 1.29 is 22.7 Å². The molecule has 1 aliphatic carbocycles. The minimum absolute atomic E-state index is 0.0529. The molecule has 3 unspecified atom stereocenters. The molecular weight excluding hydrogens is 365 g/mol. The third kappa shape index (κ3) is 2.57. The highest BCUT2D eigenvalue weighted by atomic mass is 32.2. The monoisotopic (exact) mass is 386 g/mol. The summed E-state index contributed by atoms with van der Waals surface area (Å²) in [5.74, 6) is -2.75. The molecule has 1 fully saturated rings. The lowest BCUT2D eigenvalue weighted by Gasteiger charge is -2.40. The Balaban J connectivity index is 1.85. The van der Waals surface area contributed by atoms with Crippen molar-refractivity contribution >= 4 is 17.5 Å². The van der Waals surface area contributed by atoms with Crippen molar-refractivity contribution in [3.63, 3.8) is 0 Å². The van der Waals surface area contributed by atoms with Crippen LogP contribution < -0.4 is 5.32 Å². The second-order valence-electron chi connectivity index (χ2n) is 7.30. The van der Waals surface area contributed by atoms with E-state index in [1.54, 1.807) is 18.9 Å². The Labute approximate surface area is 154 Å². The summed E-state index contributed by atoms with van der Waals surface area (Å²) in [6.07, 6.45) is -1.33. The standard InChI is InChI=1S/C18H21F3N2O2S/c1-17(25-2)5-4-10-11-8-22-9-12(15(24)18(19,20)21)13(11)23-6-3-7-26-16(17)14(10)23/h3,7,12-13,22H,4-6,8-9H2,1-2H3. The van der Waals surface area contributed by atoms with Crippen LogP contribution in [0, 0.1) is 5.92 Å². The average molecular weight is 386 g/mol. The lowest BCUT2D eigenvalue weighted by molar-refractivity contribution is -0.177. The van der Waals surface area contributed by atoms with Gasteiger partial charge >= 0.3 is 6.18 Å². The molecule has 0 aromatic carbocycles. The third-order valence-electron chi connectivity index (χ3n) is 5.91. The molecule has 4 aliphatic rings. The van der Waals surface area contributed by atoms with E-state index in [9.17, 15) is 18.0 Å². The van der Waals surface area contributed by atoms with Gasteiger partial charge in [-0.05, 0) is 36.3 Å². The number of carbonyl (C=O) groups is 1. The molecule has 0 amide bonds. The van der Waals surface area contributed by atoms with E-state index in [4.69, 9.17) is 4.74 Å². The molecule has 0 bridgehead atoms. The topological polar surface area (TPSA) is 41.6 Å². The second kappa shape index (κ2) is 6.14. The van der Waals surface area contributed by atoms with Crippen LogP contribution in [0.4, 0.5) is 13.2 Å². The molecule has 4 nitrogen and oxygen atoms in total. The van der Waals surface area contributed by atoms with Gasteiger partial charge in [0, 0.05) is 31.6 Å². The van der Waals surface area contributed by atoms with E-state index in [1.807, 2.05) is 23.3 Å². The normalized spacial score (nSPS) is 34.0. The van der Waals surface area contributed by atoms with Gasteiger partial charge in [0.25, 0.3) is 0 Å². The number of carbonyl (C=O) groups excluding carboxylic acids is 1. The maximum absolute atomic E-state index is 13.2. The summed E-state index contributed by atoms with van der Waals surface area (Å²) in [6, 6.07) is -0.520. The van der Waals surface area contributed by atoms with Gasteiger partial charge in [0.1, 0.15) is 0 Å². The number of ketones is 1. The maximum Gasteiger partial charge on any atom is 0.450 e. The van der Waals surface area contributed by atoms with Gasteiger partial charge in [-0.1, -0.05) is 17.8 Å². The van der Waals surface area contributed by atoms with E-state index in [1.165, 1.54) is 0 Å². The summed E-state index contributed by atoms with van der Waals surface area (Å²) in [5.41, 5.74) is 2.57. The van der Waals surface area contributed by atoms with Gasteiger partial charge in [-0.15, -0.1) is 0 Å². The highest BCUT2D eigenvalue weighted by molar-refractivity contribution is 8.06. The maximum atomic E-state index is 13.2. The van der Waals surface area contributed by atoms with Gasteiger partial charge < -0.3 is 15.0 Å². The molecule has 1 saturated heterocycles. The van der Waals surface area contributed by atoms with Crippen molar-refractivity contribution in [3.8, 4) is 0 Å². The van der Waals surface area contributed by atoms with E-state index in [-0.39, 0.29) is 6.54 Å². The highest BCUT2D eigenvalue weighted by Gasteiger charge is 2.54. The second-order valence-corrected chi connectivity index (χ2v) is 8.22. The molecule has 4 rings (SSSR count). The first-order valence-electron chi connectivity index (χ1n) is 8.70. The number of fused-ring (bicyclic) bond motifs is 2. The molecular formula is C18H21F3N2O2S. The van der Waals surface area contributed by atoms with Crippen LogP contribution in [0.5, 0.6) is 0 Å². The quantitative estimate of drug-likeness (QED) is 0.790. The first kappa shape index (κ1) is 18.1. The highest BCUT2D eigenvalue weighted by Crippen LogP contribution is 2.53. The molecule has 0 aromatic heterocycles. The predicted octanol–water partition coefficient (Wildman–Crippen LogP) is 2.99. The Hall–Kier alpha value is -1.25. The van der Waals surface area contributed by atoms with Gasteiger partial charge in [0.15, 0.2) is 0 Å². The van der Waals surface area contributed by atoms with Crippen LogP contribution in [-0.2, 0) is 9.53 Å². The van der Waals surface area contributed by atoms with Gasteiger partial charge in [-0.25, -0.2) is 0 Å². The molecule has 3 atom stereocenters. The van der Waals surface area contributed by atoms with Crippen molar-refractivity contribution in [2.24, 2.45) is 5.92 Å². The lowest BCUT2D eigenvalue weighted by Crippen LogP contribution is -2.53. The summed E-state index contributed by atoms with van der Waals surface area (Å²) >= 11 is 1.58. The number of ether oxygens (including phenoxy) is 1. The van der Waals surface area contributed by atoms with Crippen LogP contribution >= 0.6 is 11.8 Å². The number of hydrogen-bond donors (Lipinski definition) is 1. The van der Waals surface area contributed by atoms with Gasteiger partial charge in [-0.2, -0.15) is 13.2 Å². The van der Waals surface area contributed by atoms with Crippen molar-refractivity contribution in [2.75, 3.05) is 26.7 Å². The first-order valence-corrected chi connectivity index (χ1v) is 9.58. The number of thioether (sulfide) groups is 1. The summed E-state index contributed by atoms with van der Waals surface area (Å²) in [4.78, 5) is 15.2. The first-order chi connectivity index (χ1) is 12.3. The van der Waals surface area contributed by atoms with Gasteiger partial charge in [0.2, 0.25) is 5.78 Å². The van der Waals surface area contributed by atoms with E-state index in [2.05, 4.69) is 5.32 Å². The summed E-state index contributed by atoms with van der Waals surface area (Å²) in [7, 11) is 1.67. The number of allylic oxidation sites excluding steroid dienone is 1. The van der Waals surface area contributed by atoms with E-state index in [0.717, 1.165) is 34.6 Å². The third-order valence-corrected chi connectivity index (χ3v) is 7.10. The minimum Gasteiger partial charge on any atom is -0.373 e. The number of nitrogens with zero attached hydrogens (tertiary/aromatic N) is 1. The number of Topliss-reactive ketones (excluding diaryl/α,β-unsaturated/α-hetero) is 1. The molecule has 3 aliphatic heterocycles. The zero-order chi connectivity index (χ0) is 18.7. The molecule has 0 spiro atoms. The van der Waals surface area contributed by atoms with Gasteiger partial charge in [-0.3, -0.25) is 4.79 Å². The van der Waals surface area contributed by atoms with Crippen molar-refractivity contribution in [3.05, 3.63) is 33.2 Å². The van der Waals surface area contributed by atoms with Crippen LogP contribution in [0.2, 0.25) is 0 Å². The number of hydrogen-bond acceptors (Lipinski definition) is 5. The lowest BCUT2D eigenvalue weighted by atomic mass is 9.82. The van der Waals surface area contributed by atoms with E-state index >= 15 is 0 Å². The van der Waals surface area contributed by atoms with Crippen molar-refractivity contribution in [1.82, 2.24) is 10.2 Å². The number of piperidine rings is 1. The molecule has 8 heteroatoms. The minimum atomic E-state index is -4.82. The molecule has 0 radical (unpaired) electrons. The average Bonchev–Trinajstić information content (AvgIpc) is 2.77. The molecule has 26 heavy (non-hydrogen) atoms. The Morgan fingerprint density at radius 2 is 2.23 bits per heavy atom. The van der Waals surface area contributed by atoms with Crippen molar-refractivity contribution in [2.45, 2.75) is 37.6 Å². The number of halogens is 3. The molecule has 0 aromatic rings. The zero-order valence-corrected chi connectivity index (χ0v) is 15.5.